The molecule has 0 atom stereocenters. The molecule has 0 aliphatic heterocycles. The van der Waals surface area contributed by atoms with Gasteiger partial charge in [0.15, 0.2) is 0 Å². The molecule has 1 aromatic carbocycles. The highest BCUT2D eigenvalue weighted by atomic mass is 79.9. The fourth-order valence-corrected chi connectivity index (χ4v) is 2.63. The van der Waals surface area contributed by atoms with Crippen LogP contribution in [0, 0.1) is 27.7 Å². The number of carbonyl (C=O) groups is 1. The first-order valence-corrected chi connectivity index (χ1v) is 6.83. The van der Waals surface area contributed by atoms with E-state index in [4.69, 9.17) is 4.42 Å². The van der Waals surface area contributed by atoms with Gasteiger partial charge in [0.25, 0.3) is 5.91 Å². The van der Waals surface area contributed by atoms with Crippen LogP contribution >= 0.6 is 15.9 Å². The molecule has 0 spiro atoms. The van der Waals surface area contributed by atoms with Crippen LogP contribution in [0.3, 0.4) is 0 Å². The largest absolute Gasteiger partial charge is 0.466 e. The smallest absolute Gasteiger partial charge is 0.259 e. The second-order valence-electron chi connectivity index (χ2n) is 4.65. The van der Waals surface area contributed by atoms with Crippen molar-refractivity contribution in [2.75, 3.05) is 5.32 Å². The normalized spacial score (nSPS) is 10.6. The number of hydrogen-bond donors (Lipinski definition) is 1. The lowest BCUT2D eigenvalue weighted by Crippen LogP contribution is -2.14. The van der Waals surface area contributed by atoms with E-state index in [0.29, 0.717) is 11.3 Å². The minimum atomic E-state index is -0.142. The van der Waals surface area contributed by atoms with E-state index in [2.05, 4.69) is 21.2 Å². The lowest BCUT2D eigenvalue weighted by molar-refractivity contribution is 0.102. The Balaban J connectivity index is 2.31. The van der Waals surface area contributed by atoms with Gasteiger partial charge in [-0.1, -0.05) is 6.07 Å². The summed E-state index contributed by atoms with van der Waals surface area (Å²) >= 11 is 3.45. The zero-order valence-electron chi connectivity index (χ0n) is 11.4. The number of hydrogen-bond acceptors (Lipinski definition) is 2. The van der Waals surface area contributed by atoms with Crippen LogP contribution in [0.5, 0.6) is 0 Å². The van der Waals surface area contributed by atoms with Gasteiger partial charge in [0, 0.05) is 10.0 Å². The lowest BCUT2D eigenvalue weighted by atomic mass is 10.1. The molecule has 2 rings (SSSR count). The van der Waals surface area contributed by atoms with E-state index < -0.39 is 0 Å². The highest BCUT2D eigenvalue weighted by Crippen LogP contribution is 2.26. The van der Waals surface area contributed by atoms with Gasteiger partial charge in [-0.15, -0.1) is 0 Å². The van der Waals surface area contributed by atoms with Crippen molar-refractivity contribution in [3.8, 4) is 0 Å². The van der Waals surface area contributed by atoms with Crippen molar-refractivity contribution in [1.82, 2.24) is 0 Å². The Morgan fingerprint density at radius 3 is 2.37 bits per heavy atom. The minimum Gasteiger partial charge on any atom is -0.466 e. The molecular formula is C15H16BrNO2. The Morgan fingerprint density at radius 2 is 1.84 bits per heavy atom. The highest BCUT2D eigenvalue weighted by molar-refractivity contribution is 9.10. The number of carbonyl (C=O) groups excluding carboxylic acids is 1. The van der Waals surface area contributed by atoms with E-state index in [-0.39, 0.29) is 5.91 Å². The molecule has 0 aliphatic carbocycles. The summed E-state index contributed by atoms with van der Waals surface area (Å²) in [5.74, 6) is 1.29. The SMILES string of the molecule is Cc1ccc(NC(=O)c2c(C)oc(C)c2C)c(Br)c1. The lowest BCUT2D eigenvalue weighted by Gasteiger charge is -2.08. The van der Waals surface area contributed by atoms with Crippen molar-refractivity contribution in [3.05, 3.63) is 50.9 Å². The Hall–Kier alpha value is -1.55. The van der Waals surface area contributed by atoms with Gasteiger partial charge in [-0.05, 0) is 61.3 Å². The predicted octanol–water partition coefficient (Wildman–Crippen LogP) is 4.53. The van der Waals surface area contributed by atoms with Crippen molar-refractivity contribution in [3.63, 3.8) is 0 Å². The maximum atomic E-state index is 12.3. The summed E-state index contributed by atoms with van der Waals surface area (Å²) in [5, 5.41) is 2.90. The molecule has 4 heteroatoms. The fourth-order valence-electron chi connectivity index (χ4n) is 2.03. The fraction of sp³-hybridized carbons (Fsp3) is 0.267. The van der Waals surface area contributed by atoms with Gasteiger partial charge in [0.2, 0.25) is 0 Å². The maximum Gasteiger partial charge on any atom is 0.259 e. The number of aryl methyl sites for hydroxylation is 3. The number of amides is 1. The molecule has 1 N–H and O–H groups in total. The van der Waals surface area contributed by atoms with Gasteiger partial charge in [0.05, 0.1) is 11.3 Å². The first-order chi connectivity index (χ1) is 8.90. The summed E-state index contributed by atoms with van der Waals surface area (Å²) in [5.41, 5.74) is 3.40. The van der Waals surface area contributed by atoms with Crippen molar-refractivity contribution in [2.24, 2.45) is 0 Å². The Morgan fingerprint density at radius 1 is 1.16 bits per heavy atom. The average Bonchev–Trinajstić information content (AvgIpc) is 2.57. The van der Waals surface area contributed by atoms with E-state index in [9.17, 15) is 4.79 Å². The summed E-state index contributed by atoms with van der Waals surface area (Å²) in [7, 11) is 0. The van der Waals surface area contributed by atoms with E-state index in [0.717, 1.165) is 27.0 Å². The predicted molar refractivity (Wildman–Crippen MR) is 79.8 cm³/mol. The van der Waals surface area contributed by atoms with Crippen molar-refractivity contribution < 1.29 is 9.21 Å². The molecule has 0 saturated carbocycles. The number of halogens is 1. The maximum absolute atomic E-state index is 12.3. The van der Waals surface area contributed by atoms with E-state index >= 15 is 0 Å². The molecule has 100 valence electrons. The molecule has 0 unspecified atom stereocenters. The van der Waals surface area contributed by atoms with Crippen molar-refractivity contribution >= 4 is 27.5 Å². The zero-order valence-corrected chi connectivity index (χ0v) is 13.0. The summed E-state index contributed by atoms with van der Waals surface area (Å²) in [6, 6.07) is 5.81. The van der Waals surface area contributed by atoms with Gasteiger partial charge in [0.1, 0.15) is 11.5 Å². The van der Waals surface area contributed by atoms with Gasteiger partial charge in [-0.2, -0.15) is 0 Å². The summed E-state index contributed by atoms with van der Waals surface area (Å²) in [4.78, 5) is 12.3. The van der Waals surface area contributed by atoms with Crippen LogP contribution in [0.2, 0.25) is 0 Å². The number of rotatable bonds is 2. The number of furan rings is 1. The first kappa shape index (κ1) is 13.9. The Bertz CT molecular complexity index is 644. The van der Waals surface area contributed by atoms with E-state index in [1.807, 2.05) is 39.0 Å². The molecule has 1 amide bonds. The molecule has 2 aromatic rings. The highest BCUT2D eigenvalue weighted by Gasteiger charge is 2.19. The van der Waals surface area contributed by atoms with Crippen LogP contribution in [-0.2, 0) is 0 Å². The molecule has 0 aliphatic rings. The standard InChI is InChI=1S/C15H16BrNO2/c1-8-5-6-13(12(16)7-8)17-15(18)14-9(2)10(3)19-11(14)4/h5-7H,1-4H3,(H,17,18). The van der Waals surface area contributed by atoms with E-state index in [1.165, 1.54) is 0 Å². The van der Waals surface area contributed by atoms with Gasteiger partial charge >= 0.3 is 0 Å². The number of anilines is 1. The molecule has 1 aromatic heterocycles. The van der Waals surface area contributed by atoms with Crippen LogP contribution in [0.15, 0.2) is 27.1 Å². The van der Waals surface area contributed by atoms with Crippen LogP contribution in [0.4, 0.5) is 5.69 Å². The summed E-state index contributed by atoms with van der Waals surface area (Å²) in [6.07, 6.45) is 0. The summed E-state index contributed by atoms with van der Waals surface area (Å²) < 4.78 is 6.35. The molecule has 3 nitrogen and oxygen atoms in total. The monoisotopic (exact) mass is 321 g/mol. The molecule has 0 saturated heterocycles. The molecular weight excluding hydrogens is 306 g/mol. The van der Waals surface area contributed by atoms with E-state index in [1.54, 1.807) is 6.92 Å². The molecule has 0 radical (unpaired) electrons. The average molecular weight is 322 g/mol. The van der Waals surface area contributed by atoms with Crippen LogP contribution < -0.4 is 5.32 Å². The third kappa shape index (κ3) is 2.73. The molecule has 0 bridgehead atoms. The number of benzene rings is 1. The van der Waals surface area contributed by atoms with Gasteiger partial charge in [-0.25, -0.2) is 0 Å². The third-order valence-electron chi connectivity index (χ3n) is 3.16. The van der Waals surface area contributed by atoms with Crippen LogP contribution in [-0.4, -0.2) is 5.91 Å². The third-order valence-corrected chi connectivity index (χ3v) is 3.82. The topological polar surface area (TPSA) is 42.2 Å². The second kappa shape index (κ2) is 5.21. The van der Waals surface area contributed by atoms with Gasteiger partial charge < -0.3 is 9.73 Å². The Kier molecular flexibility index (Phi) is 3.80. The minimum absolute atomic E-state index is 0.142. The number of nitrogens with one attached hydrogen (secondary N) is 1. The molecule has 19 heavy (non-hydrogen) atoms. The van der Waals surface area contributed by atoms with Crippen LogP contribution in [0.25, 0.3) is 0 Å². The molecule has 1 heterocycles. The second-order valence-corrected chi connectivity index (χ2v) is 5.51. The van der Waals surface area contributed by atoms with Crippen molar-refractivity contribution in [2.45, 2.75) is 27.7 Å². The zero-order chi connectivity index (χ0) is 14.2. The van der Waals surface area contributed by atoms with Gasteiger partial charge in [-0.3, -0.25) is 4.79 Å². The molecule has 0 fully saturated rings. The van der Waals surface area contributed by atoms with Crippen LogP contribution in [0.1, 0.15) is 33.0 Å². The summed E-state index contributed by atoms with van der Waals surface area (Å²) in [6.45, 7) is 7.56. The van der Waals surface area contributed by atoms with Crippen molar-refractivity contribution in [1.29, 1.82) is 0 Å². The Labute approximate surface area is 121 Å². The quantitative estimate of drug-likeness (QED) is 0.883. The first-order valence-electron chi connectivity index (χ1n) is 6.04.